The van der Waals surface area contributed by atoms with E-state index in [9.17, 15) is 0 Å². The summed E-state index contributed by atoms with van der Waals surface area (Å²) in [6.07, 6.45) is 4.41. The molecule has 0 spiro atoms. The van der Waals surface area contributed by atoms with Gasteiger partial charge in [0, 0.05) is 43.9 Å². The molecule has 3 aromatic rings. The Morgan fingerprint density at radius 2 is 2.24 bits per heavy atom. The summed E-state index contributed by atoms with van der Waals surface area (Å²) in [7, 11) is 1.97. The molecule has 0 bridgehead atoms. The van der Waals surface area contributed by atoms with E-state index in [1.165, 1.54) is 17.1 Å². The normalized spacial score (nSPS) is 18.8. The third-order valence-corrected chi connectivity index (χ3v) is 5.52. The van der Waals surface area contributed by atoms with E-state index in [0.717, 1.165) is 60.2 Å². The van der Waals surface area contributed by atoms with Gasteiger partial charge in [0.2, 0.25) is 0 Å². The second-order valence-electron chi connectivity index (χ2n) is 6.81. The van der Waals surface area contributed by atoms with Crippen molar-refractivity contribution in [3.05, 3.63) is 34.9 Å². The lowest BCUT2D eigenvalue weighted by Gasteiger charge is -2.31. The smallest absolute Gasteiger partial charge is 0.180 e. The van der Waals surface area contributed by atoms with Gasteiger partial charge >= 0.3 is 0 Å². The minimum absolute atomic E-state index is 0.380. The Labute approximate surface area is 150 Å². The molecule has 1 atom stereocenters. The average Bonchev–Trinajstić information content (AvgIpc) is 3.28. The maximum absolute atomic E-state index is 5.44. The monoisotopic (exact) mass is 358 g/mol. The molecule has 0 aliphatic carbocycles. The molecule has 1 aliphatic heterocycles. The molecule has 0 aromatic carbocycles. The standard InChI is InChI=1S/C17H22N6OS/c1-11-7-15(24-20-11)17-16(18-21-25-17)13-5-4-6-23(9-13)10-14-8-22(3)19-12(14)2/h7-8,13H,4-6,9-10H2,1-3H3/t13-/m1/s1. The van der Waals surface area contributed by atoms with Gasteiger partial charge in [-0.2, -0.15) is 5.10 Å². The number of hydrogen-bond acceptors (Lipinski definition) is 7. The molecular weight excluding hydrogens is 336 g/mol. The Kier molecular flexibility index (Phi) is 4.39. The minimum atomic E-state index is 0.380. The first-order valence-electron chi connectivity index (χ1n) is 8.57. The van der Waals surface area contributed by atoms with Crippen LogP contribution in [0.5, 0.6) is 0 Å². The Balaban J connectivity index is 1.52. The zero-order valence-electron chi connectivity index (χ0n) is 14.8. The van der Waals surface area contributed by atoms with E-state index in [2.05, 4.69) is 37.9 Å². The van der Waals surface area contributed by atoms with Gasteiger partial charge in [0.15, 0.2) is 5.76 Å². The number of likely N-dealkylation sites (tertiary alicyclic amines) is 1. The van der Waals surface area contributed by atoms with Crippen LogP contribution in [0.3, 0.4) is 0 Å². The maximum Gasteiger partial charge on any atom is 0.180 e. The van der Waals surface area contributed by atoms with Gasteiger partial charge in [0.1, 0.15) is 4.88 Å². The topological polar surface area (TPSA) is 72.9 Å². The molecule has 0 amide bonds. The van der Waals surface area contributed by atoms with Crippen LogP contribution in [0.2, 0.25) is 0 Å². The van der Waals surface area contributed by atoms with Crippen LogP contribution in [0, 0.1) is 13.8 Å². The van der Waals surface area contributed by atoms with E-state index in [0.29, 0.717) is 5.92 Å². The van der Waals surface area contributed by atoms with Crippen molar-refractivity contribution in [1.82, 2.24) is 29.4 Å². The van der Waals surface area contributed by atoms with Crippen molar-refractivity contribution in [2.24, 2.45) is 7.05 Å². The zero-order chi connectivity index (χ0) is 17.4. The lowest BCUT2D eigenvalue weighted by Crippen LogP contribution is -2.34. The molecule has 1 saturated heterocycles. The van der Waals surface area contributed by atoms with Crippen LogP contribution >= 0.6 is 11.5 Å². The van der Waals surface area contributed by atoms with Gasteiger partial charge in [-0.3, -0.25) is 9.58 Å². The first-order chi connectivity index (χ1) is 12.1. The average molecular weight is 358 g/mol. The Bertz CT molecular complexity index is 866. The molecule has 1 fully saturated rings. The van der Waals surface area contributed by atoms with Crippen LogP contribution < -0.4 is 0 Å². The molecule has 7 nitrogen and oxygen atoms in total. The lowest BCUT2D eigenvalue weighted by atomic mass is 9.93. The van der Waals surface area contributed by atoms with Gasteiger partial charge in [-0.1, -0.05) is 9.64 Å². The molecule has 4 heterocycles. The molecule has 0 N–H and O–H groups in total. The second kappa shape index (κ2) is 6.68. The van der Waals surface area contributed by atoms with Gasteiger partial charge in [0.25, 0.3) is 0 Å². The summed E-state index contributed by atoms with van der Waals surface area (Å²) in [6.45, 7) is 7.04. The highest BCUT2D eigenvalue weighted by Crippen LogP contribution is 2.35. The van der Waals surface area contributed by atoms with Gasteiger partial charge in [-0.25, -0.2) is 0 Å². The first kappa shape index (κ1) is 16.4. The fraction of sp³-hybridized carbons (Fsp3) is 0.529. The van der Waals surface area contributed by atoms with E-state index in [1.807, 2.05) is 24.7 Å². The van der Waals surface area contributed by atoms with Gasteiger partial charge < -0.3 is 4.52 Å². The maximum atomic E-state index is 5.44. The molecule has 132 valence electrons. The van der Waals surface area contributed by atoms with E-state index < -0.39 is 0 Å². The molecule has 0 saturated carbocycles. The summed E-state index contributed by atoms with van der Waals surface area (Å²) in [4.78, 5) is 3.51. The van der Waals surface area contributed by atoms with Crippen molar-refractivity contribution in [2.75, 3.05) is 13.1 Å². The molecule has 3 aromatic heterocycles. The first-order valence-corrected chi connectivity index (χ1v) is 9.35. The van der Waals surface area contributed by atoms with Crippen molar-refractivity contribution < 1.29 is 4.52 Å². The number of aromatic nitrogens is 5. The van der Waals surface area contributed by atoms with Gasteiger partial charge in [-0.05, 0) is 44.8 Å². The summed E-state index contributed by atoms with van der Waals surface area (Å²) in [5.41, 5.74) is 4.34. The Hall–Kier alpha value is -2.06. The quantitative estimate of drug-likeness (QED) is 0.714. The van der Waals surface area contributed by atoms with Crippen molar-refractivity contribution in [3.8, 4) is 10.6 Å². The van der Waals surface area contributed by atoms with Gasteiger partial charge in [0.05, 0.1) is 17.1 Å². The van der Waals surface area contributed by atoms with E-state index in [4.69, 9.17) is 4.52 Å². The number of rotatable bonds is 4. The fourth-order valence-corrected chi connectivity index (χ4v) is 4.27. The third kappa shape index (κ3) is 3.36. The molecular formula is C17H22N6OS. The third-order valence-electron chi connectivity index (χ3n) is 4.77. The van der Waals surface area contributed by atoms with Gasteiger partial charge in [-0.15, -0.1) is 5.10 Å². The van der Waals surface area contributed by atoms with Crippen LogP contribution in [-0.4, -0.2) is 42.5 Å². The molecule has 0 unspecified atom stereocenters. The molecule has 8 heteroatoms. The number of nitrogens with zero attached hydrogens (tertiary/aromatic N) is 6. The van der Waals surface area contributed by atoms with Crippen LogP contribution in [0.4, 0.5) is 0 Å². The SMILES string of the molecule is Cc1cc(-c2snnc2[C@@H]2CCCN(Cc3cn(C)nc3C)C2)on1. The highest BCUT2D eigenvalue weighted by atomic mass is 32.1. The van der Waals surface area contributed by atoms with Crippen molar-refractivity contribution >= 4 is 11.5 Å². The number of hydrogen-bond donors (Lipinski definition) is 0. The number of aryl methyl sites for hydroxylation is 3. The van der Waals surface area contributed by atoms with Crippen LogP contribution in [0.25, 0.3) is 10.6 Å². The highest BCUT2D eigenvalue weighted by molar-refractivity contribution is 7.09. The van der Waals surface area contributed by atoms with E-state index >= 15 is 0 Å². The Morgan fingerprint density at radius 1 is 1.36 bits per heavy atom. The summed E-state index contributed by atoms with van der Waals surface area (Å²) < 4.78 is 11.5. The summed E-state index contributed by atoms with van der Waals surface area (Å²) in [5.74, 6) is 1.16. The predicted molar refractivity (Wildman–Crippen MR) is 95.3 cm³/mol. The van der Waals surface area contributed by atoms with Crippen molar-refractivity contribution in [2.45, 2.75) is 39.2 Å². The van der Waals surface area contributed by atoms with Crippen molar-refractivity contribution in [1.29, 1.82) is 0 Å². The van der Waals surface area contributed by atoms with Crippen LogP contribution in [0.15, 0.2) is 16.8 Å². The summed E-state index contributed by atoms with van der Waals surface area (Å²) in [5, 5.41) is 12.9. The second-order valence-corrected chi connectivity index (χ2v) is 7.56. The lowest BCUT2D eigenvalue weighted by molar-refractivity contribution is 0.198. The van der Waals surface area contributed by atoms with Crippen LogP contribution in [-0.2, 0) is 13.6 Å². The van der Waals surface area contributed by atoms with Crippen LogP contribution in [0.1, 0.15) is 41.4 Å². The minimum Gasteiger partial charge on any atom is -0.355 e. The molecule has 1 aliphatic rings. The molecule has 0 radical (unpaired) electrons. The van der Waals surface area contributed by atoms with E-state index in [-0.39, 0.29) is 0 Å². The van der Waals surface area contributed by atoms with Crippen molar-refractivity contribution in [3.63, 3.8) is 0 Å². The fourth-order valence-electron chi connectivity index (χ4n) is 3.57. The molecule has 25 heavy (non-hydrogen) atoms. The highest BCUT2D eigenvalue weighted by Gasteiger charge is 2.28. The Morgan fingerprint density at radius 3 is 2.96 bits per heavy atom. The summed E-state index contributed by atoms with van der Waals surface area (Å²) in [6, 6.07) is 1.96. The predicted octanol–water partition coefficient (Wildman–Crippen LogP) is 2.92. The largest absolute Gasteiger partial charge is 0.355 e. The summed E-state index contributed by atoms with van der Waals surface area (Å²) >= 11 is 1.39. The molecule has 4 rings (SSSR count). The zero-order valence-corrected chi connectivity index (χ0v) is 15.6. The number of piperidine rings is 1. The van der Waals surface area contributed by atoms with E-state index in [1.54, 1.807) is 0 Å².